The van der Waals surface area contributed by atoms with E-state index in [1.165, 1.54) is 0 Å². The Hall–Kier alpha value is -2.81. The second kappa shape index (κ2) is 5.19. The van der Waals surface area contributed by atoms with Gasteiger partial charge in [-0.2, -0.15) is 0 Å². The molecule has 1 spiro atoms. The summed E-state index contributed by atoms with van der Waals surface area (Å²) in [5.74, 6) is 1.44. The standard InChI is InChI=1S/C16H15N3O3/c1-2-9-17-13(20)10-19-14(21)16(18-15(19)22)8-7-11-5-3-4-6-12(11)16/h1,3-6H,7-10H2,(H,17,20)(H,18,22). The Morgan fingerprint density at radius 1 is 1.41 bits per heavy atom. The van der Waals surface area contributed by atoms with Gasteiger partial charge in [0.25, 0.3) is 5.91 Å². The molecule has 22 heavy (non-hydrogen) atoms. The number of urea groups is 1. The predicted octanol–water partition coefficient (Wildman–Crippen LogP) is 0.129. The number of nitrogens with zero attached hydrogens (tertiary/aromatic N) is 1. The van der Waals surface area contributed by atoms with Crippen LogP contribution in [-0.2, 0) is 21.5 Å². The number of aryl methyl sites for hydroxylation is 1. The van der Waals surface area contributed by atoms with E-state index in [9.17, 15) is 14.4 Å². The van der Waals surface area contributed by atoms with Crippen molar-refractivity contribution in [2.45, 2.75) is 18.4 Å². The van der Waals surface area contributed by atoms with E-state index in [0.717, 1.165) is 22.4 Å². The molecule has 1 aliphatic carbocycles. The summed E-state index contributed by atoms with van der Waals surface area (Å²) >= 11 is 0. The van der Waals surface area contributed by atoms with Crippen molar-refractivity contribution in [3.8, 4) is 12.3 Å². The minimum absolute atomic E-state index is 0.0659. The third kappa shape index (κ3) is 2.02. The van der Waals surface area contributed by atoms with Crippen molar-refractivity contribution >= 4 is 17.8 Å². The summed E-state index contributed by atoms with van der Waals surface area (Å²) < 4.78 is 0. The van der Waals surface area contributed by atoms with Crippen molar-refractivity contribution in [3.05, 3.63) is 35.4 Å². The van der Waals surface area contributed by atoms with E-state index >= 15 is 0 Å². The van der Waals surface area contributed by atoms with E-state index in [2.05, 4.69) is 16.6 Å². The first-order valence-corrected chi connectivity index (χ1v) is 7.01. The minimum Gasteiger partial charge on any atom is -0.344 e. The minimum atomic E-state index is -1.03. The largest absolute Gasteiger partial charge is 0.344 e. The Kier molecular flexibility index (Phi) is 3.33. The molecule has 2 aliphatic rings. The number of fused-ring (bicyclic) bond motifs is 2. The van der Waals surface area contributed by atoms with Gasteiger partial charge in [-0.05, 0) is 24.0 Å². The van der Waals surface area contributed by atoms with Crippen molar-refractivity contribution in [2.75, 3.05) is 13.1 Å². The Labute approximate surface area is 127 Å². The average molecular weight is 297 g/mol. The van der Waals surface area contributed by atoms with Crippen LogP contribution in [-0.4, -0.2) is 35.8 Å². The number of carbonyl (C=O) groups excluding carboxylic acids is 3. The van der Waals surface area contributed by atoms with Crippen LogP contribution in [0.1, 0.15) is 17.5 Å². The molecule has 0 bridgehead atoms. The molecule has 1 heterocycles. The molecule has 1 aromatic rings. The van der Waals surface area contributed by atoms with E-state index in [1.807, 2.05) is 24.3 Å². The van der Waals surface area contributed by atoms with Gasteiger partial charge in [-0.15, -0.1) is 6.42 Å². The van der Waals surface area contributed by atoms with Crippen LogP contribution < -0.4 is 10.6 Å². The van der Waals surface area contributed by atoms with Crippen LogP contribution in [0.15, 0.2) is 24.3 Å². The fraction of sp³-hybridized carbons (Fsp3) is 0.312. The van der Waals surface area contributed by atoms with Gasteiger partial charge in [0.05, 0.1) is 6.54 Å². The number of carbonyl (C=O) groups is 3. The van der Waals surface area contributed by atoms with Gasteiger partial charge in [0.1, 0.15) is 12.1 Å². The van der Waals surface area contributed by atoms with E-state index in [-0.39, 0.29) is 19.0 Å². The first kappa shape index (κ1) is 14.1. The van der Waals surface area contributed by atoms with Crippen LogP contribution in [0.3, 0.4) is 0 Å². The van der Waals surface area contributed by atoms with Crippen LogP contribution in [0.2, 0.25) is 0 Å². The third-order valence-electron chi connectivity index (χ3n) is 4.11. The second-order valence-corrected chi connectivity index (χ2v) is 5.36. The zero-order chi connectivity index (χ0) is 15.7. The van der Waals surface area contributed by atoms with Crippen LogP contribution in [0, 0.1) is 12.3 Å². The molecule has 3 rings (SSSR count). The lowest BCUT2D eigenvalue weighted by molar-refractivity contribution is -0.135. The van der Waals surface area contributed by atoms with Crippen molar-refractivity contribution in [1.29, 1.82) is 0 Å². The lowest BCUT2D eigenvalue weighted by atomic mass is 9.92. The highest BCUT2D eigenvalue weighted by atomic mass is 16.2. The smallest absolute Gasteiger partial charge is 0.325 e. The zero-order valence-corrected chi connectivity index (χ0v) is 11.9. The van der Waals surface area contributed by atoms with Crippen LogP contribution in [0.4, 0.5) is 4.79 Å². The number of terminal acetylenes is 1. The van der Waals surface area contributed by atoms with Crippen LogP contribution in [0.5, 0.6) is 0 Å². The molecule has 0 radical (unpaired) electrons. The maximum absolute atomic E-state index is 12.7. The normalized spacial score (nSPS) is 22.4. The Morgan fingerprint density at radius 2 is 2.18 bits per heavy atom. The molecule has 2 N–H and O–H groups in total. The summed E-state index contributed by atoms with van der Waals surface area (Å²) in [7, 11) is 0. The Morgan fingerprint density at radius 3 is 2.95 bits per heavy atom. The molecule has 6 nitrogen and oxygen atoms in total. The second-order valence-electron chi connectivity index (χ2n) is 5.36. The fourth-order valence-electron chi connectivity index (χ4n) is 3.08. The van der Waals surface area contributed by atoms with E-state index in [0.29, 0.717) is 6.42 Å². The Bertz CT molecular complexity index is 707. The number of hydrogen-bond acceptors (Lipinski definition) is 3. The SMILES string of the molecule is C#CCNC(=O)CN1C(=O)NC2(CCc3ccccc32)C1=O. The highest BCUT2D eigenvalue weighted by Crippen LogP contribution is 2.41. The van der Waals surface area contributed by atoms with Gasteiger partial charge in [-0.1, -0.05) is 30.2 Å². The topological polar surface area (TPSA) is 78.5 Å². The maximum atomic E-state index is 12.7. The molecular formula is C16H15N3O3. The lowest BCUT2D eigenvalue weighted by Gasteiger charge is -2.22. The van der Waals surface area contributed by atoms with E-state index in [1.54, 1.807) is 0 Å². The molecule has 6 heteroatoms. The third-order valence-corrected chi connectivity index (χ3v) is 4.11. The van der Waals surface area contributed by atoms with E-state index < -0.39 is 17.5 Å². The van der Waals surface area contributed by atoms with Gasteiger partial charge >= 0.3 is 6.03 Å². The molecule has 1 aliphatic heterocycles. The molecule has 0 aromatic heterocycles. The summed E-state index contributed by atoms with van der Waals surface area (Å²) in [6.07, 6.45) is 6.30. The van der Waals surface area contributed by atoms with Gasteiger partial charge in [0.2, 0.25) is 5.91 Å². The van der Waals surface area contributed by atoms with Gasteiger partial charge in [0, 0.05) is 0 Å². The molecule has 1 saturated heterocycles. The number of hydrogen-bond donors (Lipinski definition) is 2. The summed E-state index contributed by atoms with van der Waals surface area (Å²) in [6, 6.07) is 7.00. The number of imide groups is 1. The quantitative estimate of drug-likeness (QED) is 0.615. The molecule has 4 amide bonds. The number of rotatable bonds is 3. The number of amides is 4. The maximum Gasteiger partial charge on any atom is 0.325 e. The van der Waals surface area contributed by atoms with Gasteiger partial charge < -0.3 is 10.6 Å². The highest BCUT2D eigenvalue weighted by molar-refractivity contribution is 6.09. The van der Waals surface area contributed by atoms with Crippen molar-refractivity contribution in [2.24, 2.45) is 0 Å². The first-order valence-electron chi connectivity index (χ1n) is 7.01. The molecule has 112 valence electrons. The van der Waals surface area contributed by atoms with Crippen molar-refractivity contribution < 1.29 is 14.4 Å². The van der Waals surface area contributed by atoms with Gasteiger partial charge in [-0.25, -0.2) is 4.79 Å². The summed E-state index contributed by atoms with van der Waals surface area (Å²) in [4.78, 5) is 37.5. The molecule has 1 atom stereocenters. The number of benzene rings is 1. The van der Waals surface area contributed by atoms with Gasteiger partial charge in [-0.3, -0.25) is 14.5 Å². The van der Waals surface area contributed by atoms with Crippen molar-refractivity contribution in [1.82, 2.24) is 15.5 Å². The first-order chi connectivity index (χ1) is 10.6. The van der Waals surface area contributed by atoms with Crippen LogP contribution in [0.25, 0.3) is 0 Å². The Balaban J connectivity index is 1.84. The monoisotopic (exact) mass is 297 g/mol. The number of nitrogens with one attached hydrogen (secondary N) is 2. The predicted molar refractivity (Wildman–Crippen MR) is 78.5 cm³/mol. The summed E-state index contributed by atoms with van der Waals surface area (Å²) in [6.45, 7) is -0.257. The average Bonchev–Trinajstić information content (AvgIpc) is 3.00. The molecular weight excluding hydrogens is 282 g/mol. The fourth-order valence-corrected chi connectivity index (χ4v) is 3.08. The summed E-state index contributed by atoms with van der Waals surface area (Å²) in [5, 5.41) is 5.21. The molecule has 1 unspecified atom stereocenters. The van der Waals surface area contributed by atoms with E-state index in [4.69, 9.17) is 6.42 Å². The van der Waals surface area contributed by atoms with Gasteiger partial charge in [0.15, 0.2) is 0 Å². The van der Waals surface area contributed by atoms with Crippen molar-refractivity contribution in [3.63, 3.8) is 0 Å². The molecule has 1 aromatic carbocycles. The highest BCUT2D eigenvalue weighted by Gasteiger charge is 2.55. The lowest BCUT2D eigenvalue weighted by Crippen LogP contribution is -2.43. The molecule has 1 fully saturated rings. The molecule has 0 saturated carbocycles. The van der Waals surface area contributed by atoms with Crippen LogP contribution >= 0.6 is 0 Å². The summed E-state index contributed by atoms with van der Waals surface area (Å²) in [5.41, 5.74) is 0.842. The zero-order valence-electron chi connectivity index (χ0n) is 11.9.